The molecule has 0 radical (unpaired) electrons. The highest BCUT2D eigenvalue weighted by Crippen LogP contribution is 2.24. The van der Waals surface area contributed by atoms with Crippen LogP contribution in [0.1, 0.15) is 49.8 Å². The molecule has 0 spiro atoms. The van der Waals surface area contributed by atoms with Crippen molar-refractivity contribution in [3.05, 3.63) is 120 Å². The van der Waals surface area contributed by atoms with Crippen molar-refractivity contribution in [1.29, 1.82) is 0 Å². The van der Waals surface area contributed by atoms with Gasteiger partial charge in [0.25, 0.3) is 17.7 Å². The second-order valence-corrected chi connectivity index (χ2v) is 8.05. The predicted molar refractivity (Wildman–Crippen MR) is 134 cm³/mol. The van der Waals surface area contributed by atoms with Crippen molar-refractivity contribution in [2.24, 2.45) is 0 Å². The summed E-state index contributed by atoms with van der Waals surface area (Å²) in [6, 6.07) is 26.1. The Morgan fingerprint density at radius 1 is 0.743 bits per heavy atom. The van der Waals surface area contributed by atoms with E-state index in [0.717, 1.165) is 5.56 Å². The van der Waals surface area contributed by atoms with E-state index < -0.39 is 0 Å². The van der Waals surface area contributed by atoms with Gasteiger partial charge < -0.3 is 20.0 Å². The number of nitrogens with one attached hydrogen (secondary N) is 2. The van der Waals surface area contributed by atoms with E-state index >= 15 is 0 Å². The quantitative estimate of drug-likeness (QED) is 0.369. The van der Waals surface area contributed by atoms with E-state index in [1.165, 1.54) is 6.26 Å². The number of anilines is 2. The maximum atomic E-state index is 13.1. The summed E-state index contributed by atoms with van der Waals surface area (Å²) in [5.41, 5.74) is 3.15. The molecular weight excluding hydrogens is 442 g/mol. The Balaban J connectivity index is 1.41. The highest BCUT2D eigenvalue weighted by atomic mass is 16.3. The molecule has 1 atom stereocenters. The molecule has 0 aliphatic heterocycles. The summed E-state index contributed by atoms with van der Waals surface area (Å²) >= 11 is 0. The van der Waals surface area contributed by atoms with E-state index in [-0.39, 0.29) is 29.5 Å². The van der Waals surface area contributed by atoms with Gasteiger partial charge in [-0.15, -0.1) is 0 Å². The van der Waals surface area contributed by atoms with E-state index in [4.69, 9.17) is 4.42 Å². The molecule has 3 amide bonds. The first-order valence-corrected chi connectivity index (χ1v) is 11.1. The Morgan fingerprint density at radius 2 is 1.46 bits per heavy atom. The highest BCUT2D eigenvalue weighted by Gasteiger charge is 2.20. The molecule has 0 bridgehead atoms. The van der Waals surface area contributed by atoms with Crippen LogP contribution in [0.5, 0.6) is 0 Å². The lowest BCUT2D eigenvalue weighted by atomic mass is 10.0. The van der Waals surface area contributed by atoms with Crippen LogP contribution in [0.15, 0.2) is 102 Å². The van der Waals surface area contributed by atoms with Crippen LogP contribution in [0.2, 0.25) is 0 Å². The zero-order valence-electron chi connectivity index (χ0n) is 19.4. The summed E-state index contributed by atoms with van der Waals surface area (Å²) < 4.78 is 5.09. The van der Waals surface area contributed by atoms with Gasteiger partial charge in [0.1, 0.15) is 0 Å². The summed E-state index contributed by atoms with van der Waals surface area (Å²) in [5, 5.41) is 5.63. The fraction of sp³-hybridized carbons (Fsp3) is 0.107. The highest BCUT2D eigenvalue weighted by molar-refractivity contribution is 6.04. The van der Waals surface area contributed by atoms with Gasteiger partial charge in [-0.2, -0.15) is 0 Å². The van der Waals surface area contributed by atoms with Crippen molar-refractivity contribution in [2.75, 3.05) is 17.7 Å². The van der Waals surface area contributed by atoms with Gasteiger partial charge in [-0.25, -0.2) is 0 Å². The van der Waals surface area contributed by atoms with Gasteiger partial charge in [-0.3, -0.25) is 14.4 Å². The van der Waals surface area contributed by atoms with Crippen molar-refractivity contribution in [3.63, 3.8) is 0 Å². The van der Waals surface area contributed by atoms with Gasteiger partial charge in [-0.1, -0.05) is 30.3 Å². The standard InChI is InChI=1S/C28H25N3O4/c1-19(22-10-6-11-24(18-22)30-26(32)20-8-4-3-5-9-20)31(2)28(34)21-13-15-23(16-14-21)29-27(33)25-12-7-17-35-25/h3-19H,1-2H3,(H,29,33)(H,30,32). The number of hydrogen-bond acceptors (Lipinski definition) is 4. The van der Waals surface area contributed by atoms with Crippen LogP contribution in [0.3, 0.4) is 0 Å². The van der Waals surface area contributed by atoms with Crippen LogP contribution in [-0.2, 0) is 0 Å². The Bertz CT molecular complexity index is 1320. The smallest absolute Gasteiger partial charge is 0.291 e. The van der Waals surface area contributed by atoms with Gasteiger partial charge in [0, 0.05) is 29.5 Å². The van der Waals surface area contributed by atoms with Crippen molar-refractivity contribution >= 4 is 29.1 Å². The van der Waals surface area contributed by atoms with Crippen LogP contribution >= 0.6 is 0 Å². The molecule has 0 saturated carbocycles. The first kappa shape index (κ1) is 23.5. The number of carbonyl (C=O) groups excluding carboxylic acids is 3. The average molecular weight is 468 g/mol. The first-order valence-electron chi connectivity index (χ1n) is 11.1. The van der Waals surface area contributed by atoms with Gasteiger partial charge >= 0.3 is 0 Å². The Labute approximate surface area is 203 Å². The number of furan rings is 1. The van der Waals surface area contributed by atoms with Crippen LogP contribution in [0.25, 0.3) is 0 Å². The van der Waals surface area contributed by atoms with Crippen LogP contribution < -0.4 is 10.6 Å². The molecule has 3 aromatic carbocycles. The molecule has 1 aromatic heterocycles. The second kappa shape index (κ2) is 10.5. The summed E-state index contributed by atoms with van der Waals surface area (Å²) in [6.07, 6.45) is 1.43. The molecular formula is C28H25N3O4. The summed E-state index contributed by atoms with van der Waals surface area (Å²) in [4.78, 5) is 39.3. The number of carbonyl (C=O) groups is 3. The summed E-state index contributed by atoms with van der Waals surface area (Å²) in [7, 11) is 1.73. The van der Waals surface area contributed by atoms with E-state index in [2.05, 4.69) is 10.6 Å². The Hall–Kier alpha value is -4.65. The van der Waals surface area contributed by atoms with E-state index in [1.54, 1.807) is 60.5 Å². The molecule has 0 saturated heterocycles. The number of benzene rings is 3. The molecule has 1 heterocycles. The van der Waals surface area contributed by atoms with Gasteiger partial charge in [0.2, 0.25) is 0 Å². The number of rotatable bonds is 7. The molecule has 4 rings (SSSR count). The molecule has 176 valence electrons. The second-order valence-electron chi connectivity index (χ2n) is 8.05. The van der Waals surface area contributed by atoms with Crippen molar-refractivity contribution < 1.29 is 18.8 Å². The van der Waals surface area contributed by atoms with Gasteiger partial charge in [0.15, 0.2) is 5.76 Å². The van der Waals surface area contributed by atoms with Crippen LogP contribution in [0, 0.1) is 0 Å². The van der Waals surface area contributed by atoms with Crippen molar-refractivity contribution in [3.8, 4) is 0 Å². The molecule has 0 fully saturated rings. The zero-order valence-corrected chi connectivity index (χ0v) is 19.4. The third-order valence-corrected chi connectivity index (χ3v) is 5.70. The largest absolute Gasteiger partial charge is 0.459 e. The topological polar surface area (TPSA) is 91.7 Å². The number of nitrogens with zero attached hydrogens (tertiary/aromatic N) is 1. The lowest BCUT2D eigenvalue weighted by Crippen LogP contribution is -2.29. The third-order valence-electron chi connectivity index (χ3n) is 5.70. The monoisotopic (exact) mass is 467 g/mol. The molecule has 0 aliphatic carbocycles. The molecule has 2 N–H and O–H groups in total. The van der Waals surface area contributed by atoms with Crippen molar-refractivity contribution in [2.45, 2.75) is 13.0 Å². The molecule has 0 aliphatic rings. The number of hydrogen-bond donors (Lipinski definition) is 2. The molecule has 35 heavy (non-hydrogen) atoms. The lowest BCUT2D eigenvalue weighted by molar-refractivity contribution is 0.0742. The Morgan fingerprint density at radius 3 is 2.14 bits per heavy atom. The van der Waals surface area contributed by atoms with E-state index in [9.17, 15) is 14.4 Å². The van der Waals surface area contributed by atoms with Crippen molar-refractivity contribution in [1.82, 2.24) is 4.90 Å². The van der Waals surface area contributed by atoms with Crippen LogP contribution in [0.4, 0.5) is 11.4 Å². The maximum Gasteiger partial charge on any atom is 0.291 e. The maximum absolute atomic E-state index is 13.1. The van der Waals surface area contributed by atoms with Gasteiger partial charge in [0.05, 0.1) is 12.3 Å². The molecule has 7 heteroatoms. The van der Waals surface area contributed by atoms with Gasteiger partial charge in [-0.05, 0) is 73.2 Å². The fourth-order valence-electron chi connectivity index (χ4n) is 3.57. The minimum atomic E-state index is -0.362. The molecule has 7 nitrogen and oxygen atoms in total. The first-order chi connectivity index (χ1) is 16.9. The van der Waals surface area contributed by atoms with E-state index in [1.807, 2.05) is 49.4 Å². The van der Waals surface area contributed by atoms with E-state index in [0.29, 0.717) is 22.5 Å². The SMILES string of the molecule is CC(c1cccc(NC(=O)c2ccccc2)c1)N(C)C(=O)c1ccc(NC(=O)c2ccco2)cc1. The Kier molecular flexibility index (Phi) is 7.07. The minimum Gasteiger partial charge on any atom is -0.459 e. The summed E-state index contributed by atoms with van der Waals surface area (Å²) in [5.74, 6) is -0.515. The molecule has 4 aromatic rings. The fourth-order valence-corrected chi connectivity index (χ4v) is 3.57. The summed E-state index contributed by atoms with van der Waals surface area (Å²) in [6.45, 7) is 1.92. The molecule has 1 unspecified atom stereocenters. The average Bonchev–Trinajstić information content (AvgIpc) is 3.44. The third kappa shape index (κ3) is 5.65. The van der Waals surface area contributed by atoms with Crippen LogP contribution in [-0.4, -0.2) is 29.7 Å². The lowest BCUT2D eigenvalue weighted by Gasteiger charge is -2.26. The zero-order chi connectivity index (χ0) is 24.8. The predicted octanol–water partition coefficient (Wildman–Crippen LogP) is 5.62. The minimum absolute atomic E-state index is 0.167. The normalized spacial score (nSPS) is 11.4. The number of amides is 3.